The predicted octanol–water partition coefficient (Wildman–Crippen LogP) is 4.61. The molecule has 0 fully saturated rings. The van der Waals surface area contributed by atoms with Crippen molar-refractivity contribution in [2.75, 3.05) is 10.6 Å². The van der Waals surface area contributed by atoms with Crippen molar-refractivity contribution in [3.8, 4) is 6.07 Å². The molecular formula is C20H16ClN5O. The van der Waals surface area contributed by atoms with Crippen LogP contribution in [0.5, 0.6) is 0 Å². The number of carbonyl (C=O) groups excluding carboxylic acids is 1. The molecule has 1 aromatic heterocycles. The van der Waals surface area contributed by atoms with E-state index in [4.69, 9.17) is 11.6 Å². The number of carbonyl (C=O) groups is 1. The third-order valence-corrected chi connectivity index (χ3v) is 4.31. The molecule has 1 amide bonds. The van der Waals surface area contributed by atoms with Gasteiger partial charge in [-0.2, -0.15) is 5.26 Å². The molecule has 0 atom stereocenters. The Hall–Kier alpha value is -3.43. The Labute approximate surface area is 161 Å². The first-order chi connectivity index (χ1) is 13.0. The number of para-hydroxylation sites is 1. The largest absolute Gasteiger partial charge is 0.339 e. The van der Waals surface area contributed by atoms with E-state index in [-0.39, 0.29) is 11.6 Å². The van der Waals surface area contributed by atoms with E-state index in [2.05, 4.69) is 26.7 Å². The normalized spacial score (nSPS) is 10.1. The van der Waals surface area contributed by atoms with Crippen LogP contribution in [0.4, 0.5) is 17.2 Å². The summed E-state index contributed by atoms with van der Waals surface area (Å²) in [6, 6.07) is 16.0. The lowest BCUT2D eigenvalue weighted by Crippen LogP contribution is -2.16. The van der Waals surface area contributed by atoms with Gasteiger partial charge >= 0.3 is 0 Å². The second kappa shape index (κ2) is 7.85. The van der Waals surface area contributed by atoms with Gasteiger partial charge in [0.15, 0.2) is 0 Å². The number of aromatic nitrogens is 2. The minimum absolute atomic E-state index is 0.207. The van der Waals surface area contributed by atoms with Crippen molar-refractivity contribution in [2.45, 2.75) is 13.8 Å². The summed E-state index contributed by atoms with van der Waals surface area (Å²) in [5.74, 6) is 0.489. The molecule has 0 radical (unpaired) electrons. The SMILES string of the molecule is Cc1nc(Nc2ccccc2C#N)cc(C(=O)Nc2cccc(Cl)c2C)n1. The van der Waals surface area contributed by atoms with Crippen LogP contribution >= 0.6 is 11.6 Å². The number of amides is 1. The molecule has 0 saturated carbocycles. The first-order valence-corrected chi connectivity index (χ1v) is 8.54. The maximum Gasteiger partial charge on any atom is 0.274 e. The van der Waals surface area contributed by atoms with Gasteiger partial charge < -0.3 is 10.6 Å². The monoisotopic (exact) mass is 377 g/mol. The van der Waals surface area contributed by atoms with Crippen LogP contribution in [0.15, 0.2) is 48.5 Å². The van der Waals surface area contributed by atoms with Gasteiger partial charge in [-0.05, 0) is 43.7 Å². The Bertz CT molecular complexity index is 1060. The molecule has 0 bridgehead atoms. The molecule has 2 N–H and O–H groups in total. The number of benzene rings is 2. The highest BCUT2D eigenvalue weighted by atomic mass is 35.5. The third-order valence-electron chi connectivity index (χ3n) is 3.90. The van der Waals surface area contributed by atoms with E-state index in [1.807, 2.05) is 13.0 Å². The van der Waals surface area contributed by atoms with Crippen molar-refractivity contribution in [2.24, 2.45) is 0 Å². The van der Waals surface area contributed by atoms with Crippen LogP contribution in [0.2, 0.25) is 5.02 Å². The van der Waals surface area contributed by atoms with Crippen molar-refractivity contribution in [1.82, 2.24) is 9.97 Å². The van der Waals surface area contributed by atoms with Crippen molar-refractivity contribution in [3.05, 3.63) is 76.2 Å². The van der Waals surface area contributed by atoms with Gasteiger partial charge in [0.25, 0.3) is 5.91 Å². The lowest BCUT2D eigenvalue weighted by Gasteiger charge is -2.11. The van der Waals surface area contributed by atoms with Gasteiger partial charge in [0.1, 0.15) is 23.4 Å². The molecule has 0 saturated heterocycles. The number of hydrogen-bond donors (Lipinski definition) is 2. The third kappa shape index (κ3) is 4.22. The summed E-state index contributed by atoms with van der Waals surface area (Å²) in [6.07, 6.45) is 0. The zero-order valence-electron chi connectivity index (χ0n) is 14.7. The summed E-state index contributed by atoms with van der Waals surface area (Å²) in [4.78, 5) is 21.1. The van der Waals surface area contributed by atoms with Crippen LogP contribution < -0.4 is 10.6 Å². The van der Waals surface area contributed by atoms with Gasteiger partial charge in [0, 0.05) is 16.8 Å². The zero-order chi connectivity index (χ0) is 19.4. The van der Waals surface area contributed by atoms with Crippen molar-refractivity contribution >= 4 is 34.7 Å². The van der Waals surface area contributed by atoms with E-state index in [0.717, 1.165) is 5.56 Å². The molecule has 0 aliphatic heterocycles. The van der Waals surface area contributed by atoms with E-state index in [1.165, 1.54) is 6.07 Å². The fraction of sp³-hybridized carbons (Fsp3) is 0.100. The number of halogens is 1. The smallest absolute Gasteiger partial charge is 0.274 e. The Morgan fingerprint density at radius 3 is 2.59 bits per heavy atom. The van der Waals surface area contributed by atoms with E-state index in [1.54, 1.807) is 43.3 Å². The summed E-state index contributed by atoms with van der Waals surface area (Å²) < 4.78 is 0. The Morgan fingerprint density at radius 1 is 1.07 bits per heavy atom. The fourth-order valence-electron chi connectivity index (χ4n) is 2.50. The molecule has 7 heteroatoms. The lowest BCUT2D eigenvalue weighted by atomic mass is 10.2. The van der Waals surface area contributed by atoms with Crippen LogP contribution in [0.25, 0.3) is 0 Å². The Balaban J connectivity index is 1.88. The molecule has 134 valence electrons. The second-order valence-electron chi connectivity index (χ2n) is 5.83. The molecule has 0 unspecified atom stereocenters. The maximum atomic E-state index is 12.6. The second-order valence-corrected chi connectivity index (χ2v) is 6.24. The molecule has 0 aliphatic rings. The van der Waals surface area contributed by atoms with Crippen LogP contribution in [0.3, 0.4) is 0 Å². The Kier molecular flexibility index (Phi) is 5.34. The van der Waals surface area contributed by atoms with Crippen LogP contribution in [0, 0.1) is 25.2 Å². The minimum Gasteiger partial charge on any atom is -0.339 e. The zero-order valence-corrected chi connectivity index (χ0v) is 15.5. The van der Waals surface area contributed by atoms with E-state index in [0.29, 0.717) is 33.6 Å². The van der Waals surface area contributed by atoms with Gasteiger partial charge in [0.05, 0.1) is 11.3 Å². The number of nitrogens with zero attached hydrogens (tertiary/aromatic N) is 3. The Morgan fingerprint density at radius 2 is 1.81 bits per heavy atom. The number of anilines is 3. The standard InChI is InChI=1S/C20H16ClN5O/c1-12-15(21)7-5-9-16(12)26-20(27)18-10-19(24-13(2)23-18)25-17-8-4-3-6-14(17)11-22/h3-10H,1-2H3,(H,26,27)(H,23,24,25). The van der Waals surface area contributed by atoms with Crippen molar-refractivity contribution in [1.29, 1.82) is 5.26 Å². The van der Waals surface area contributed by atoms with Gasteiger partial charge in [-0.3, -0.25) is 4.79 Å². The lowest BCUT2D eigenvalue weighted by molar-refractivity contribution is 0.102. The molecule has 27 heavy (non-hydrogen) atoms. The van der Waals surface area contributed by atoms with Crippen molar-refractivity contribution < 1.29 is 4.79 Å². The average molecular weight is 378 g/mol. The summed E-state index contributed by atoms with van der Waals surface area (Å²) in [5.41, 5.74) is 2.69. The van der Waals surface area contributed by atoms with Gasteiger partial charge in [-0.15, -0.1) is 0 Å². The summed E-state index contributed by atoms with van der Waals surface area (Å²) in [7, 11) is 0. The molecule has 3 rings (SSSR count). The quantitative estimate of drug-likeness (QED) is 0.692. The predicted molar refractivity (Wildman–Crippen MR) is 105 cm³/mol. The summed E-state index contributed by atoms with van der Waals surface area (Å²) >= 11 is 6.10. The van der Waals surface area contributed by atoms with Gasteiger partial charge in [0.2, 0.25) is 0 Å². The average Bonchev–Trinajstić information content (AvgIpc) is 2.65. The topological polar surface area (TPSA) is 90.7 Å². The van der Waals surface area contributed by atoms with Crippen LogP contribution in [-0.4, -0.2) is 15.9 Å². The minimum atomic E-state index is -0.373. The molecule has 0 spiro atoms. The van der Waals surface area contributed by atoms with E-state index in [9.17, 15) is 10.1 Å². The van der Waals surface area contributed by atoms with Gasteiger partial charge in [-0.1, -0.05) is 29.8 Å². The number of nitrogens with one attached hydrogen (secondary N) is 2. The highest BCUT2D eigenvalue weighted by Gasteiger charge is 2.13. The molecule has 1 heterocycles. The van der Waals surface area contributed by atoms with Crippen LogP contribution in [0.1, 0.15) is 27.4 Å². The number of aryl methyl sites for hydroxylation is 1. The fourth-order valence-corrected chi connectivity index (χ4v) is 2.68. The highest BCUT2D eigenvalue weighted by molar-refractivity contribution is 6.31. The van der Waals surface area contributed by atoms with Crippen molar-refractivity contribution in [3.63, 3.8) is 0 Å². The van der Waals surface area contributed by atoms with Gasteiger partial charge in [-0.25, -0.2) is 9.97 Å². The molecule has 2 aromatic carbocycles. The highest BCUT2D eigenvalue weighted by Crippen LogP contribution is 2.24. The molecule has 3 aromatic rings. The summed E-state index contributed by atoms with van der Waals surface area (Å²) in [6.45, 7) is 3.53. The first-order valence-electron chi connectivity index (χ1n) is 8.16. The van der Waals surface area contributed by atoms with E-state index >= 15 is 0 Å². The maximum absolute atomic E-state index is 12.6. The number of hydrogen-bond acceptors (Lipinski definition) is 5. The molecular weight excluding hydrogens is 362 g/mol. The van der Waals surface area contributed by atoms with E-state index < -0.39 is 0 Å². The first kappa shape index (κ1) is 18.4. The molecule has 0 aliphatic carbocycles. The molecule has 6 nitrogen and oxygen atoms in total. The number of nitriles is 1. The summed E-state index contributed by atoms with van der Waals surface area (Å²) in [5, 5.41) is 15.7. The number of rotatable bonds is 4. The van der Waals surface area contributed by atoms with Crippen LogP contribution in [-0.2, 0) is 0 Å².